The van der Waals surface area contributed by atoms with Crippen LogP contribution in [0.1, 0.15) is 13.3 Å². The molecule has 0 amide bonds. The van der Waals surface area contributed by atoms with Crippen LogP contribution >= 0.6 is 0 Å². The minimum Gasteiger partial charge on any atom is -0.495 e. The van der Waals surface area contributed by atoms with Crippen molar-refractivity contribution in [1.29, 1.82) is 0 Å². The molecule has 0 aliphatic rings. The zero-order valence-corrected chi connectivity index (χ0v) is 13.3. The van der Waals surface area contributed by atoms with E-state index in [9.17, 15) is 8.42 Å². The first-order chi connectivity index (χ1) is 9.92. The van der Waals surface area contributed by atoms with E-state index >= 15 is 0 Å². The van der Waals surface area contributed by atoms with Crippen molar-refractivity contribution >= 4 is 15.7 Å². The molecular formula is C13H22N2O5S. The Morgan fingerprint density at radius 2 is 1.81 bits per heavy atom. The van der Waals surface area contributed by atoms with Crippen molar-refractivity contribution in [3.63, 3.8) is 0 Å². The maximum atomic E-state index is 12.7. The Kier molecular flexibility index (Phi) is 6.25. The highest BCUT2D eigenvalue weighted by Gasteiger charge is 2.28. The van der Waals surface area contributed by atoms with Gasteiger partial charge in [0.15, 0.2) is 0 Å². The third-order valence-corrected chi connectivity index (χ3v) is 4.88. The third-order valence-electron chi connectivity index (χ3n) is 2.96. The molecular weight excluding hydrogens is 296 g/mol. The fourth-order valence-corrected chi connectivity index (χ4v) is 3.64. The number of anilines is 1. The van der Waals surface area contributed by atoms with E-state index in [-0.39, 0.29) is 29.5 Å². The lowest BCUT2D eigenvalue weighted by Crippen LogP contribution is -2.34. The monoisotopic (exact) mass is 318 g/mol. The topological polar surface area (TPSA) is 102 Å². The van der Waals surface area contributed by atoms with Crippen LogP contribution in [0.3, 0.4) is 0 Å². The van der Waals surface area contributed by atoms with Gasteiger partial charge in [-0.05, 0) is 12.5 Å². The summed E-state index contributed by atoms with van der Waals surface area (Å²) < 4.78 is 36.8. The van der Waals surface area contributed by atoms with Crippen LogP contribution in [0.2, 0.25) is 0 Å². The Hall–Kier alpha value is -1.51. The van der Waals surface area contributed by atoms with Gasteiger partial charge in [0.25, 0.3) is 0 Å². The molecule has 120 valence electrons. The molecule has 0 saturated heterocycles. The fourth-order valence-electron chi connectivity index (χ4n) is 1.95. The molecule has 0 spiro atoms. The molecule has 0 aliphatic carbocycles. The quantitative estimate of drug-likeness (QED) is 0.683. The summed E-state index contributed by atoms with van der Waals surface area (Å²) in [7, 11) is -0.989. The summed E-state index contributed by atoms with van der Waals surface area (Å²) in [6, 6.07) is 2.75. The number of ether oxygens (including phenoxy) is 2. The lowest BCUT2D eigenvalue weighted by Gasteiger charge is -2.22. The lowest BCUT2D eigenvalue weighted by atomic mass is 10.3. The Morgan fingerprint density at radius 1 is 1.19 bits per heavy atom. The van der Waals surface area contributed by atoms with Crippen molar-refractivity contribution in [3.05, 3.63) is 12.1 Å². The first kappa shape index (κ1) is 17.5. The number of nitrogen functional groups attached to an aromatic ring is 1. The van der Waals surface area contributed by atoms with Crippen LogP contribution in [0, 0.1) is 0 Å². The summed E-state index contributed by atoms with van der Waals surface area (Å²) in [5.41, 5.74) is 5.99. The van der Waals surface area contributed by atoms with Gasteiger partial charge in [0.1, 0.15) is 16.4 Å². The number of benzene rings is 1. The minimum absolute atomic E-state index is 0.0191. The molecule has 0 fully saturated rings. The van der Waals surface area contributed by atoms with Gasteiger partial charge in [-0.2, -0.15) is 4.31 Å². The maximum Gasteiger partial charge on any atom is 0.246 e. The number of methoxy groups -OCH3 is 2. The van der Waals surface area contributed by atoms with Gasteiger partial charge >= 0.3 is 0 Å². The first-order valence-electron chi connectivity index (χ1n) is 6.54. The molecule has 1 aromatic carbocycles. The molecule has 0 aromatic heterocycles. The van der Waals surface area contributed by atoms with E-state index < -0.39 is 10.0 Å². The predicted molar refractivity (Wildman–Crippen MR) is 80.1 cm³/mol. The number of aliphatic hydroxyl groups is 1. The van der Waals surface area contributed by atoms with Crippen molar-refractivity contribution in [3.8, 4) is 11.5 Å². The molecule has 1 rings (SSSR count). The number of sulfonamides is 1. The van der Waals surface area contributed by atoms with Crippen LogP contribution in [0.25, 0.3) is 0 Å². The summed E-state index contributed by atoms with van der Waals surface area (Å²) in [5, 5.41) is 9.05. The third kappa shape index (κ3) is 3.78. The number of nitrogens with zero attached hydrogens (tertiary/aromatic N) is 1. The standard InChI is InChI=1S/C13H22N2O5S/c1-4-5-15(6-7-16)21(17,18)13-8-10(14)11(19-2)9-12(13)20-3/h8-9,16H,4-7,14H2,1-3H3. The molecule has 7 nitrogen and oxygen atoms in total. The Morgan fingerprint density at radius 3 is 2.29 bits per heavy atom. The van der Waals surface area contributed by atoms with Gasteiger partial charge in [0.2, 0.25) is 10.0 Å². The van der Waals surface area contributed by atoms with Crippen molar-refractivity contribution in [2.45, 2.75) is 18.2 Å². The van der Waals surface area contributed by atoms with Crippen molar-refractivity contribution in [2.24, 2.45) is 0 Å². The van der Waals surface area contributed by atoms with E-state index in [1.54, 1.807) is 0 Å². The average Bonchev–Trinajstić information content (AvgIpc) is 2.46. The number of nitrogens with two attached hydrogens (primary N) is 1. The van der Waals surface area contributed by atoms with E-state index in [4.69, 9.17) is 20.3 Å². The summed E-state index contributed by atoms with van der Waals surface area (Å²) in [6.45, 7) is 1.93. The van der Waals surface area contributed by atoms with E-state index in [1.165, 1.54) is 30.7 Å². The highest BCUT2D eigenvalue weighted by molar-refractivity contribution is 7.89. The van der Waals surface area contributed by atoms with Crippen molar-refractivity contribution in [2.75, 3.05) is 39.6 Å². The van der Waals surface area contributed by atoms with Gasteiger partial charge in [-0.3, -0.25) is 0 Å². The van der Waals surface area contributed by atoms with Crippen molar-refractivity contribution in [1.82, 2.24) is 4.31 Å². The zero-order chi connectivity index (χ0) is 16.0. The van der Waals surface area contributed by atoms with Crippen molar-refractivity contribution < 1.29 is 23.0 Å². The predicted octanol–water partition coefficient (Wildman–Crippen LogP) is 0.679. The molecule has 3 N–H and O–H groups in total. The number of rotatable bonds is 8. The normalized spacial score (nSPS) is 11.7. The summed E-state index contributed by atoms with van der Waals surface area (Å²) in [4.78, 5) is -0.0369. The Bertz CT molecular complexity index is 568. The van der Waals surface area contributed by atoms with Crippen LogP contribution in [-0.2, 0) is 10.0 Å². The SMILES string of the molecule is CCCN(CCO)S(=O)(=O)c1cc(N)c(OC)cc1OC. The van der Waals surface area contributed by atoms with Gasteiger partial charge in [0, 0.05) is 19.2 Å². The van der Waals surface area contributed by atoms with Gasteiger partial charge < -0.3 is 20.3 Å². The minimum atomic E-state index is -3.80. The largest absolute Gasteiger partial charge is 0.495 e. The highest BCUT2D eigenvalue weighted by atomic mass is 32.2. The van der Waals surface area contributed by atoms with E-state index in [0.717, 1.165) is 0 Å². The molecule has 0 unspecified atom stereocenters. The molecule has 0 bridgehead atoms. The van der Waals surface area contributed by atoms with Gasteiger partial charge in [-0.1, -0.05) is 6.92 Å². The fraction of sp³-hybridized carbons (Fsp3) is 0.538. The van der Waals surface area contributed by atoms with Gasteiger partial charge in [-0.25, -0.2) is 8.42 Å². The molecule has 0 radical (unpaired) electrons. The average molecular weight is 318 g/mol. The lowest BCUT2D eigenvalue weighted by molar-refractivity contribution is 0.253. The van der Waals surface area contributed by atoms with Gasteiger partial charge in [0.05, 0.1) is 26.5 Å². The molecule has 0 heterocycles. The van der Waals surface area contributed by atoms with E-state index in [1.807, 2.05) is 6.92 Å². The van der Waals surface area contributed by atoms with Crippen LogP contribution in [-0.4, -0.2) is 51.7 Å². The highest BCUT2D eigenvalue weighted by Crippen LogP contribution is 2.35. The smallest absolute Gasteiger partial charge is 0.246 e. The van der Waals surface area contributed by atoms with E-state index in [0.29, 0.717) is 18.7 Å². The van der Waals surface area contributed by atoms with Crippen LogP contribution < -0.4 is 15.2 Å². The van der Waals surface area contributed by atoms with Crippen LogP contribution in [0.5, 0.6) is 11.5 Å². The second kappa shape index (κ2) is 7.48. The first-order valence-corrected chi connectivity index (χ1v) is 7.98. The molecule has 21 heavy (non-hydrogen) atoms. The number of aliphatic hydroxyl groups excluding tert-OH is 1. The maximum absolute atomic E-state index is 12.7. The molecule has 8 heteroatoms. The number of hydrogen-bond acceptors (Lipinski definition) is 6. The Labute approximate surface area is 125 Å². The van der Waals surface area contributed by atoms with Gasteiger partial charge in [-0.15, -0.1) is 0 Å². The second-order valence-corrected chi connectivity index (χ2v) is 6.28. The molecule has 1 aromatic rings. The van der Waals surface area contributed by atoms with Crippen LogP contribution in [0.4, 0.5) is 5.69 Å². The zero-order valence-electron chi connectivity index (χ0n) is 12.5. The number of hydrogen-bond donors (Lipinski definition) is 2. The Balaban J connectivity index is 3.38. The van der Waals surface area contributed by atoms with E-state index in [2.05, 4.69) is 0 Å². The second-order valence-electron chi connectivity index (χ2n) is 4.37. The summed E-state index contributed by atoms with van der Waals surface area (Å²) >= 11 is 0. The molecule has 0 aliphatic heterocycles. The molecule has 0 atom stereocenters. The molecule has 0 saturated carbocycles. The summed E-state index contributed by atoms with van der Waals surface area (Å²) in [6.07, 6.45) is 0.632. The van der Waals surface area contributed by atoms with Crippen LogP contribution in [0.15, 0.2) is 17.0 Å². The summed E-state index contributed by atoms with van der Waals surface area (Å²) in [5.74, 6) is 0.495.